The SMILES string of the molecule is Cc1ccc(F)c(CC(=O)Cc2ccc(Oc3ccnc(-c4cc(C(=O)NCCCN5CCCC5)c[nH]4)c3)cc2F)c1. The van der Waals surface area contributed by atoms with Gasteiger partial charge in [-0.1, -0.05) is 23.8 Å². The third-order valence-corrected chi connectivity index (χ3v) is 7.32. The molecular weight excluding hydrogens is 538 g/mol. The summed E-state index contributed by atoms with van der Waals surface area (Å²) in [4.78, 5) is 35.0. The number of aromatic amines is 1. The van der Waals surface area contributed by atoms with Gasteiger partial charge in [0.05, 0.1) is 17.0 Å². The second-order valence-electron chi connectivity index (χ2n) is 10.7. The summed E-state index contributed by atoms with van der Waals surface area (Å²) in [6, 6.07) is 14.0. The molecule has 1 saturated heterocycles. The van der Waals surface area contributed by atoms with Crippen molar-refractivity contribution in [1.29, 1.82) is 0 Å². The third kappa shape index (κ3) is 7.67. The number of aryl methyl sites for hydroxylation is 1. The molecule has 2 aromatic heterocycles. The van der Waals surface area contributed by atoms with Crippen LogP contribution in [0.1, 0.15) is 46.3 Å². The van der Waals surface area contributed by atoms with Crippen LogP contribution in [0.4, 0.5) is 8.78 Å². The molecule has 1 aliphatic heterocycles. The number of hydrogen-bond acceptors (Lipinski definition) is 5. The molecule has 5 rings (SSSR count). The Hall–Kier alpha value is -4.37. The Morgan fingerprint density at radius 3 is 2.55 bits per heavy atom. The standard InChI is InChI=1S/C33H34F2N4O3/c1-22-5-8-29(34)24(15-22)17-26(40)16-23-6-7-27(19-30(23)35)42-28-9-11-36-32(20-28)31-18-25(21-38-31)33(41)37-10-4-14-39-12-2-3-13-39/h5-9,11,15,18-21,38H,2-4,10,12-14,16-17H2,1H3,(H,37,41). The maximum Gasteiger partial charge on any atom is 0.252 e. The van der Waals surface area contributed by atoms with Crippen LogP contribution in [-0.2, 0) is 17.6 Å². The maximum atomic E-state index is 14.8. The average Bonchev–Trinajstić information content (AvgIpc) is 3.68. The fourth-order valence-corrected chi connectivity index (χ4v) is 5.11. The summed E-state index contributed by atoms with van der Waals surface area (Å²) < 4.78 is 34.7. The molecular formula is C33H34F2N4O3. The number of ether oxygens (including phenoxy) is 1. The number of rotatable bonds is 12. The number of nitrogens with one attached hydrogen (secondary N) is 2. The van der Waals surface area contributed by atoms with Crippen molar-refractivity contribution in [3.05, 3.63) is 101 Å². The second-order valence-corrected chi connectivity index (χ2v) is 10.7. The monoisotopic (exact) mass is 572 g/mol. The van der Waals surface area contributed by atoms with E-state index >= 15 is 0 Å². The first kappa shape index (κ1) is 29.1. The van der Waals surface area contributed by atoms with Gasteiger partial charge in [0.15, 0.2) is 0 Å². The molecule has 2 N–H and O–H groups in total. The second kappa shape index (κ2) is 13.5. The van der Waals surface area contributed by atoms with E-state index in [-0.39, 0.29) is 35.8 Å². The number of hydrogen-bond donors (Lipinski definition) is 2. The van der Waals surface area contributed by atoms with E-state index in [4.69, 9.17) is 4.74 Å². The molecule has 42 heavy (non-hydrogen) atoms. The van der Waals surface area contributed by atoms with Crippen LogP contribution < -0.4 is 10.1 Å². The fourth-order valence-electron chi connectivity index (χ4n) is 5.11. The lowest BCUT2D eigenvalue weighted by molar-refractivity contribution is -0.117. The van der Waals surface area contributed by atoms with Crippen LogP contribution in [-0.4, -0.2) is 52.7 Å². The Labute approximate surface area is 243 Å². The molecule has 0 bridgehead atoms. The van der Waals surface area contributed by atoms with Crippen molar-refractivity contribution in [2.75, 3.05) is 26.2 Å². The number of pyridine rings is 1. The Balaban J connectivity index is 1.16. The van der Waals surface area contributed by atoms with Crippen LogP contribution in [0.2, 0.25) is 0 Å². The van der Waals surface area contributed by atoms with E-state index in [1.54, 1.807) is 48.8 Å². The maximum absolute atomic E-state index is 14.8. The largest absolute Gasteiger partial charge is 0.457 e. The minimum absolute atomic E-state index is 0.105. The lowest BCUT2D eigenvalue weighted by Crippen LogP contribution is -2.28. The van der Waals surface area contributed by atoms with Gasteiger partial charge in [0.2, 0.25) is 0 Å². The van der Waals surface area contributed by atoms with Gasteiger partial charge in [0.1, 0.15) is 28.9 Å². The molecule has 218 valence electrons. The zero-order valence-corrected chi connectivity index (χ0v) is 23.6. The number of halogens is 2. The Morgan fingerprint density at radius 2 is 1.74 bits per heavy atom. The highest BCUT2D eigenvalue weighted by atomic mass is 19.1. The number of likely N-dealkylation sites (tertiary alicyclic amines) is 1. The van der Waals surface area contributed by atoms with Gasteiger partial charge in [-0.25, -0.2) is 8.78 Å². The summed E-state index contributed by atoms with van der Waals surface area (Å²) in [6.07, 6.45) is 6.37. The third-order valence-electron chi connectivity index (χ3n) is 7.32. The van der Waals surface area contributed by atoms with E-state index in [0.29, 0.717) is 34.8 Å². The van der Waals surface area contributed by atoms with Crippen LogP contribution in [0.25, 0.3) is 11.4 Å². The molecule has 1 fully saturated rings. The van der Waals surface area contributed by atoms with Gasteiger partial charge in [-0.05, 0) is 81.2 Å². The average molecular weight is 573 g/mol. The van der Waals surface area contributed by atoms with Gasteiger partial charge in [-0.2, -0.15) is 0 Å². The number of carbonyl (C=O) groups is 2. The molecule has 2 aromatic carbocycles. The lowest BCUT2D eigenvalue weighted by atomic mass is 10.0. The molecule has 1 aliphatic rings. The highest BCUT2D eigenvalue weighted by Crippen LogP contribution is 2.27. The first-order chi connectivity index (χ1) is 20.3. The fraction of sp³-hybridized carbons (Fsp3) is 0.303. The quantitative estimate of drug-likeness (QED) is 0.203. The Kier molecular flexibility index (Phi) is 9.38. The van der Waals surface area contributed by atoms with Crippen molar-refractivity contribution in [3.8, 4) is 22.9 Å². The molecule has 0 unspecified atom stereocenters. The van der Waals surface area contributed by atoms with Crippen molar-refractivity contribution in [3.63, 3.8) is 0 Å². The van der Waals surface area contributed by atoms with E-state index in [2.05, 4.69) is 20.2 Å². The van der Waals surface area contributed by atoms with Crippen LogP contribution in [0, 0.1) is 18.6 Å². The predicted molar refractivity (Wildman–Crippen MR) is 157 cm³/mol. The first-order valence-electron chi connectivity index (χ1n) is 14.2. The summed E-state index contributed by atoms with van der Waals surface area (Å²) in [6.45, 7) is 5.72. The van der Waals surface area contributed by atoms with Crippen molar-refractivity contribution >= 4 is 11.7 Å². The van der Waals surface area contributed by atoms with Crippen molar-refractivity contribution < 1.29 is 23.1 Å². The van der Waals surface area contributed by atoms with Gasteiger partial charge in [0.25, 0.3) is 5.91 Å². The Bertz CT molecular complexity index is 1560. The molecule has 0 radical (unpaired) electrons. The molecule has 0 atom stereocenters. The van der Waals surface area contributed by atoms with E-state index in [1.807, 2.05) is 6.92 Å². The zero-order valence-electron chi connectivity index (χ0n) is 23.6. The van der Waals surface area contributed by atoms with Gasteiger partial charge < -0.3 is 19.9 Å². The number of H-pyrrole nitrogens is 1. The summed E-state index contributed by atoms with van der Waals surface area (Å²) >= 11 is 0. The van der Waals surface area contributed by atoms with Crippen LogP contribution in [0.3, 0.4) is 0 Å². The highest BCUT2D eigenvalue weighted by Gasteiger charge is 2.15. The molecule has 4 aromatic rings. The molecule has 0 aliphatic carbocycles. The number of ketones is 1. The molecule has 0 spiro atoms. The number of nitrogens with zero attached hydrogens (tertiary/aromatic N) is 2. The normalized spacial score (nSPS) is 13.3. The predicted octanol–water partition coefficient (Wildman–Crippen LogP) is 6.03. The summed E-state index contributed by atoms with van der Waals surface area (Å²) in [5.74, 6) is -0.777. The Morgan fingerprint density at radius 1 is 0.952 bits per heavy atom. The summed E-state index contributed by atoms with van der Waals surface area (Å²) in [5, 5.41) is 2.97. The molecule has 7 nitrogen and oxygen atoms in total. The minimum atomic E-state index is -0.583. The van der Waals surface area contributed by atoms with Gasteiger partial charge in [-0.3, -0.25) is 14.6 Å². The zero-order chi connectivity index (χ0) is 29.5. The first-order valence-corrected chi connectivity index (χ1v) is 14.2. The van der Waals surface area contributed by atoms with Gasteiger partial charge in [0, 0.05) is 43.9 Å². The highest BCUT2D eigenvalue weighted by molar-refractivity contribution is 5.95. The topological polar surface area (TPSA) is 87.3 Å². The van der Waals surface area contributed by atoms with Crippen LogP contribution in [0.15, 0.2) is 67.0 Å². The van der Waals surface area contributed by atoms with Crippen LogP contribution >= 0.6 is 0 Å². The lowest BCUT2D eigenvalue weighted by Gasteiger charge is -2.14. The molecule has 1 amide bonds. The van der Waals surface area contributed by atoms with Crippen molar-refractivity contribution in [1.82, 2.24) is 20.2 Å². The molecule has 3 heterocycles. The van der Waals surface area contributed by atoms with Crippen molar-refractivity contribution in [2.45, 2.75) is 39.0 Å². The molecule has 9 heteroatoms. The summed E-state index contributed by atoms with van der Waals surface area (Å²) in [5.41, 5.74) is 3.09. The number of carbonyl (C=O) groups excluding carboxylic acids is 2. The van der Waals surface area contributed by atoms with E-state index in [0.717, 1.165) is 31.6 Å². The molecule has 0 saturated carbocycles. The number of amides is 1. The number of aromatic nitrogens is 2. The van der Waals surface area contributed by atoms with Crippen LogP contribution in [0.5, 0.6) is 11.5 Å². The number of benzene rings is 2. The van der Waals surface area contributed by atoms with E-state index < -0.39 is 11.6 Å². The van der Waals surface area contributed by atoms with Gasteiger partial charge >= 0.3 is 0 Å². The van der Waals surface area contributed by atoms with Crippen molar-refractivity contribution in [2.24, 2.45) is 0 Å². The number of Topliss-reactive ketones (excluding diaryl/α,β-unsaturated/α-hetero) is 1. The minimum Gasteiger partial charge on any atom is -0.457 e. The summed E-state index contributed by atoms with van der Waals surface area (Å²) in [7, 11) is 0. The van der Waals surface area contributed by atoms with E-state index in [1.165, 1.54) is 31.0 Å². The van der Waals surface area contributed by atoms with Gasteiger partial charge in [-0.15, -0.1) is 0 Å². The smallest absolute Gasteiger partial charge is 0.252 e. The van der Waals surface area contributed by atoms with E-state index in [9.17, 15) is 18.4 Å².